The molecule has 12 aromatic rings. The third-order valence-corrected chi connectivity index (χ3v) is 31.3. The molecule has 0 fully saturated rings. The quantitative estimate of drug-likeness (QED) is 0.0255. The molecule has 0 spiro atoms. The van der Waals surface area contributed by atoms with Gasteiger partial charge in [0.05, 0.1) is 89.4 Å². The zero-order valence-electron chi connectivity index (χ0n) is 86.0. The number of hydrogen-bond donors (Lipinski definition) is 0. The molecule has 0 saturated heterocycles. The molecule has 744 valence electrons. The number of rotatable bonds is 44. The topological polar surface area (TPSA) is 268 Å². The first-order valence-corrected chi connectivity index (χ1v) is 55.5. The minimum Gasteiger partial charge on any atom is -0.453 e. The molecule has 12 aromatic carbocycles. The minimum atomic E-state index is -0.630. The lowest BCUT2D eigenvalue weighted by Gasteiger charge is -2.30. The summed E-state index contributed by atoms with van der Waals surface area (Å²) in [5, 5.41) is 45.1. The summed E-state index contributed by atoms with van der Waals surface area (Å²) < 4.78 is 64.1. The van der Waals surface area contributed by atoms with E-state index in [1.165, 1.54) is 128 Å². The molecule has 8 aliphatic heterocycles. The van der Waals surface area contributed by atoms with E-state index in [0.717, 1.165) is 169 Å². The lowest BCUT2D eigenvalue weighted by Crippen LogP contribution is -2.25. The SMILES string of the molecule is CCCCCCCCCCCC1c2cc3c4cc2Oc2cc5c(cc2Oc2cc6c(cc21)C(CCCCCCCCCCC)c1cc2c(cc1Oc1cc7c(cc1O6)=NB(c1ccc(C#N)cc1)N=7)Oc1cc6c(cc1Oc1cc(c(cc1C2CCCCCCCCCCC)C3CCCCCCCCCCC)Oc1cc2c(cc1O4)=NB(c1ccc(C#N)cc1)N=2)=NB(c1ccc(C#N)cc1)N=6)=NB(c1ccc(C#N)cc1)N=5. The van der Waals surface area contributed by atoms with E-state index in [1.54, 1.807) is 0 Å². The molecule has 0 atom stereocenters. The van der Waals surface area contributed by atoms with Crippen LogP contribution in [0.15, 0.2) is 233 Å². The molecule has 9 aliphatic rings. The highest BCUT2D eigenvalue weighted by Crippen LogP contribution is 2.60. The van der Waals surface area contributed by atoms with Gasteiger partial charge in [0.15, 0.2) is 46.0 Å². The van der Waals surface area contributed by atoms with Gasteiger partial charge in [0, 0.05) is 141 Å². The first-order chi connectivity index (χ1) is 72.9. The van der Waals surface area contributed by atoms with Crippen molar-refractivity contribution >= 4 is 49.8 Å². The van der Waals surface area contributed by atoms with Gasteiger partial charge >= 0.3 is 27.9 Å². The Balaban J connectivity index is 0.861. The van der Waals surface area contributed by atoms with Crippen molar-refractivity contribution in [2.45, 2.75) is 308 Å². The molecule has 148 heavy (non-hydrogen) atoms. The van der Waals surface area contributed by atoms with Crippen LogP contribution in [-0.4, -0.2) is 27.9 Å². The Kier molecular flexibility index (Phi) is 31.5. The van der Waals surface area contributed by atoms with Crippen LogP contribution in [0.4, 0.5) is 0 Å². The second-order valence-electron chi connectivity index (χ2n) is 41.8. The fourth-order valence-electron chi connectivity index (χ4n) is 23.1. The first-order valence-electron chi connectivity index (χ1n) is 55.5. The van der Waals surface area contributed by atoms with Crippen LogP contribution in [0.5, 0.6) is 92.0 Å². The third-order valence-electron chi connectivity index (χ3n) is 31.3. The summed E-state index contributed by atoms with van der Waals surface area (Å²) in [6, 6.07) is 73.5. The van der Waals surface area contributed by atoms with Gasteiger partial charge in [0.25, 0.3) is 0 Å². The van der Waals surface area contributed by atoms with Crippen molar-refractivity contribution in [1.82, 2.24) is 0 Å². The van der Waals surface area contributed by atoms with E-state index in [1.807, 2.05) is 146 Å². The minimum absolute atomic E-state index is 0.413. The Morgan fingerprint density at radius 1 is 0.182 bits per heavy atom. The second-order valence-corrected chi connectivity index (χ2v) is 41.8. The van der Waals surface area contributed by atoms with Crippen LogP contribution in [-0.2, 0) is 0 Å². The Morgan fingerprint density at radius 2 is 0.324 bits per heavy atom. The maximum absolute atomic E-state index is 10.0. The predicted octanol–water partition coefficient (Wildman–Crippen LogP) is 25.9. The van der Waals surface area contributed by atoms with Gasteiger partial charge in [0.2, 0.25) is 0 Å². The number of ether oxygens (including phenoxy) is 8. The summed E-state index contributed by atoms with van der Waals surface area (Å²) >= 11 is 0. The molecule has 8 heterocycles. The van der Waals surface area contributed by atoms with Gasteiger partial charge in [-0.05, 0) is 120 Å². The molecule has 24 heteroatoms. The van der Waals surface area contributed by atoms with Crippen LogP contribution >= 0.6 is 0 Å². The van der Waals surface area contributed by atoms with E-state index in [0.29, 0.717) is 183 Å². The monoisotopic (exact) mass is 1960 g/mol. The maximum Gasteiger partial charge on any atom is 0.449 e. The highest BCUT2D eigenvalue weighted by Gasteiger charge is 2.41. The van der Waals surface area contributed by atoms with Gasteiger partial charge in [-0.2, -0.15) is 21.0 Å². The fraction of sp³-hybridized carbons (Fsp3) is 0.387. The summed E-state index contributed by atoms with van der Waals surface area (Å²) in [6.45, 7) is 6.63. The molecule has 0 amide bonds. The van der Waals surface area contributed by atoms with Crippen LogP contribution in [0.2, 0.25) is 0 Å². The van der Waals surface area contributed by atoms with E-state index in [9.17, 15) is 21.0 Å². The molecule has 0 saturated carbocycles. The Labute approximate surface area is 870 Å². The largest absolute Gasteiger partial charge is 0.453 e. The highest BCUT2D eigenvalue weighted by molar-refractivity contribution is 6.71. The number of hydrogen-bond acceptors (Lipinski definition) is 20. The molecule has 0 N–H and O–H groups in total. The summed E-state index contributed by atoms with van der Waals surface area (Å²) in [5.74, 6) is 6.28. The van der Waals surface area contributed by atoms with E-state index >= 15 is 0 Å². The van der Waals surface area contributed by atoms with Crippen LogP contribution in [0.25, 0.3) is 0 Å². The lowest BCUT2D eigenvalue weighted by molar-refractivity contribution is 0.399. The summed E-state index contributed by atoms with van der Waals surface area (Å²) in [4.78, 5) is 43.0. The predicted molar refractivity (Wildman–Crippen MR) is 582 cm³/mol. The van der Waals surface area contributed by atoms with E-state index in [4.69, 9.17) is 77.1 Å². The van der Waals surface area contributed by atoms with Crippen molar-refractivity contribution in [3.63, 3.8) is 0 Å². The van der Waals surface area contributed by atoms with Crippen LogP contribution in [0, 0.1) is 45.3 Å². The van der Waals surface area contributed by atoms with Gasteiger partial charge in [-0.25, -0.2) is 0 Å². The molecular weight excluding hydrogens is 1830 g/mol. The van der Waals surface area contributed by atoms with E-state index in [-0.39, 0.29) is 0 Å². The second kappa shape index (κ2) is 46.8. The maximum atomic E-state index is 10.0. The van der Waals surface area contributed by atoms with Crippen molar-refractivity contribution in [3.05, 3.63) is 304 Å². The third kappa shape index (κ3) is 22.3. The van der Waals surface area contributed by atoms with Gasteiger partial charge in [-0.1, -0.05) is 307 Å². The van der Waals surface area contributed by atoms with Gasteiger partial charge in [-0.15, -0.1) is 0 Å². The summed E-state index contributed by atoms with van der Waals surface area (Å²) in [6.07, 6.45) is 43.6. The number of benzene rings is 12. The fourth-order valence-corrected chi connectivity index (χ4v) is 23.1. The molecule has 8 bridgehead atoms. The Hall–Kier alpha value is -14.3. The molecule has 0 unspecified atom stereocenters. The average molecular weight is 1960 g/mol. The van der Waals surface area contributed by atoms with E-state index in [2.05, 4.69) is 101 Å². The highest BCUT2D eigenvalue weighted by atomic mass is 16.5. The Morgan fingerprint density at radius 3 is 0.466 bits per heavy atom. The summed E-state index contributed by atoms with van der Waals surface area (Å²) in [5.41, 5.74) is 13.2. The van der Waals surface area contributed by atoms with Crippen molar-refractivity contribution in [2.75, 3.05) is 0 Å². The standard InChI is InChI=1S/C124H128B4N12O8/c1-5-9-13-17-21-25-29-33-37-41-89-93-61-95-90(42-38-34-30-26-22-18-14-10-6-2)97-63-99-92(44-40-36-32-28-24-20-16-12-8-4)100-64-98-91(43-39-35-31-27-23-19-15-11-7-3)96-62-94(89)110-74-112(96)144-120-68-104-106(138-127(136-104)87-57-49-83(79-131)50-58-87)70-122(120)146-114(98)76-116(100)148-124-72-108-107(139-128(140-108)88-59-51-84(80-132)52-60-88)71-123(124)147-115(99)75-113(97)145-121-69-105-103(135-126(137-105)86-55-47-82(78-130)48-56-86)67-119(121)143-111(95)73-109(93)141-117-65-101-102(66-118(117)142-110)134-125(133-101)85-53-45-81(77-129)46-54-85/h45-76,89-92H,5-44H2,1-4H3. The van der Waals surface area contributed by atoms with Gasteiger partial charge in [-0.3, -0.25) is 0 Å². The number of nitriles is 4. The normalized spacial score (nSPS) is 15.7. The number of unbranched alkanes of at least 4 members (excludes halogenated alkanes) is 32. The average Bonchev–Trinajstić information content (AvgIpc) is 1.08. The van der Waals surface area contributed by atoms with Crippen molar-refractivity contribution in [1.29, 1.82) is 21.0 Å². The molecule has 0 aromatic heterocycles. The summed E-state index contributed by atoms with van der Waals surface area (Å²) in [7, 11) is 0. The first kappa shape index (κ1) is 99.6. The van der Waals surface area contributed by atoms with Crippen molar-refractivity contribution in [2.24, 2.45) is 39.2 Å². The van der Waals surface area contributed by atoms with Crippen LogP contribution in [0.3, 0.4) is 0 Å². The van der Waals surface area contributed by atoms with Crippen LogP contribution < -0.4 is 103 Å². The molecule has 1 aliphatic carbocycles. The lowest BCUT2D eigenvalue weighted by atomic mass is 9.70. The smallest absolute Gasteiger partial charge is 0.449 e. The molecule has 21 rings (SSSR count). The van der Waals surface area contributed by atoms with Crippen molar-refractivity contribution in [3.8, 4) is 116 Å². The Bertz CT molecular complexity index is 6540. The van der Waals surface area contributed by atoms with Gasteiger partial charge < -0.3 is 77.1 Å². The zero-order valence-corrected chi connectivity index (χ0v) is 86.0. The number of nitrogens with zero attached hydrogens (tertiary/aromatic N) is 12. The van der Waals surface area contributed by atoms with Crippen LogP contribution in [0.1, 0.15) is 375 Å². The van der Waals surface area contributed by atoms with E-state index < -0.39 is 51.6 Å². The molecular formula is C124H128B4N12O8. The molecule has 0 radical (unpaired) electrons. The van der Waals surface area contributed by atoms with Crippen molar-refractivity contribution < 1.29 is 37.9 Å². The number of fused-ring (bicyclic) bond motifs is 8. The van der Waals surface area contributed by atoms with Gasteiger partial charge in [0.1, 0.15) is 46.0 Å². The zero-order chi connectivity index (χ0) is 101. The molecule has 20 nitrogen and oxygen atoms in total.